The highest BCUT2D eigenvalue weighted by Gasteiger charge is 2.58. The van der Waals surface area contributed by atoms with Crippen LogP contribution in [0, 0.1) is 46.3 Å². The Morgan fingerprint density at radius 2 is 1.75 bits per heavy atom. The Morgan fingerprint density at radius 3 is 2.39 bits per heavy atom. The molecule has 200 valence electrons. The van der Waals surface area contributed by atoms with E-state index in [2.05, 4.69) is 59.8 Å². The van der Waals surface area contributed by atoms with E-state index >= 15 is 0 Å². The normalized spacial score (nSPS) is 37.6. The van der Waals surface area contributed by atoms with Gasteiger partial charge in [0.2, 0.25) is 0 Å². The maximum absolute atomic E-state index is 12.3. The van der Waals surface area contributed by atoms with Crippen LogP contribution in [0.25, 0.3) is 0 Å². The van der Waals surface area contributed by atoms with Gasteiger partial charge in [0.25, 0.3) is 0 Å². The van der Waals surface area contributed by atoms with Crippen molar-refractivity contribution in [3.05, 3.63) is 35.1 Å². The van der Waals surface area contributed by atoms with Crippen LogP contribution >= 0.6 is 0 Å². The third-order valence-electron chi connectivity index (χ3n) is 10.5. The zero-order valence-corrected chi connectivity index (χ0v) is 23.9. The van der Waals surface area contributed by atoms with Crippen LogP contribution in [0.2, 0.25) is 0 Å². The van der Waals surface area contributed by atoms with E-state index in [4.69, 9.17) is 9.47 Å². The van der Waals surface area contributed by atoms with Gasteiger partial charge >= 0.3 is 11.9 Å². The molecule has 8 atom stereocenters. The van der Waals surface area contributed by atoms with Gasteiger partial charge in [0, 0.05) is 20.3 Å². The smallest absolute Gasteiger partial charge is 0.307 e. The Labute approximate surface area is 219 Å². The lowest BCUT2D eigenvalue weighted by atomic mass is 9.51. The minimum absolute atomic E-state index is 0.00103. The molecule has 0 aromatic rings. The van der Waals surface area contributed by atoms with Gasteiger partial charge in [-0.05, 0) is 96.0 Å². The molecule has 0 aromatic carbocycles. The molecule has 36 heavy (non-hydrogen) atoms. The lowest BCUT2D eigenvalue weighted by Gasteiger charge is -2.54. The van der Waals surface area contributed by atoms with Crippen LogP contribution in [0.1, 0.15) is 100 Å². The van der Waals surface area contributed by atoms with Crippen molar-refractivity contribution in [2.45, 2.75) is 106 Å². The van der Waals surface area contributed by atoms with E-state index in [1.54, 1.807) is 0 Å². The summed E-state index contributed by atoms with van der Waals surface area (Å²) >= 11 is 0. The van der Waals surface area contributed by atoms with Gasteiger partial charge < -0.3 is 9.47 Å². The van der Waals surface area contributed by atoms with Gasteiger partial charge in [0.05, 0.1) is 0 Å². The molecule has 0 bridgehead atoms. The Morgan fingerprint density at radius 1 is 1.03 bits per heavy atom. The third-order valence-corrected chi connectivity index (χ3v) is 10.5. The SMILES string of the molecule is CC(=O)OC1=C2C(=CC[C@H]3C[C@H](OC(C)=O)CC[C@]23C)[C@@H]2CC[C@@H]([C@H](C)/C=C/[C@H](C)C(C)C)[C@@]2(C)C1. The van der Waals surface area contributed by atoms with E-state index in [9.17, 15) is 9.59 Å². The summed E-state index contributed by atoms with van der Waals surface area (Å²) in [6.07, 6.45) is 14.3. The van der Waals surface area contributed by atoms with Crippen LogP contribution in [0.4, 0.5) is 0 Å². The maximum Gasteiger partial charge on any atom is 0.307 e. The predicted molar refractivity (Wildman–Crippen MR) is 144 cm³/mol. The van der Waals surface area contributed by atoms with Gasteiger partial charge in [-0.25, -0.2) is 0 Å². The Balaban J connectivity index is 1.68. The maximum atomic E-state index is 12.3. The van der Waals surface area contributed by atoms with Crippen LogP contribution in [-0.4, -0.2) is 18.0 Å². The number of fused-ring (bicyclic) bond motifs is 5. The lowest BCUT2D eigenvalue weighted by Crippen LogP contribution is -2.46. The summed E-state index contributed by atoms with van der Waals surface area (Å²) in [5, 5.41) is 0. The van der Waals surface area contributed by atoms with E-state index in [1.807, 2.05) is 0 Å². The summed E-state index contributed by atoms with van der Waals surface area (Å²) in [5.74, 6) is 3.71. The summed E-state index contributed by atoms with van der Waals surface area (Å²) in [6.45, 7) is 17.1. The van der Waals surface area contributed by atoms with E-state index in [1.165, 1.54) is 37.8 Å². The number of ether oxygens (including phenoxy) is 2. The fourth-order valence-corrected chi connectivity index (χ4v) is 8.18. The summed E-state index contributed by atoms with van der Waals surface area (Å²) < 4.78 is 11.7. The van der Waals surface area contributed by atoms with Crippen molar-refractivity contribution in [3.8, 4) is 0 Å². The van der Waals surface area contributed by atoms with Crippen molar-refractivity contribution in [1.82, 2.24) is 0 Å². The van der Waals surface area contributed by atoms with Crippen LogP contribution in [0.3, 0.4) is 0 Å². The highest BCUT2D eigenvalue weighted by Crippen LogP contribution is 2.66. The molecular weight excluding hydrogens is 448 g/mol. The molecule has 0 spiro atoms. The van der Waals surface area contributed by atoms with Gasteiger partial charge in [0.1, 0.15) is 11.9 Å². The first-order chi connectivity index (χ1) is 16.9. The van der Waals surface area contributed by atoms with Crippen LogP contribution in [-0.2, 0) is 19.1 Å². The number of carbonyl (C=O) groups is 2. The second-order valence-corrected chi connectivity index (χ2v) is 13.2. The second-order valence-electron chi connectivity index (χ2n) is 13.2. The highest BCUT2D eigenvalue weighted by atomic mass is 16.5. The largest absolute Gasteiger partial charge is 0.463 e. The molecule has 0 unspecified atom stereocenters. The van der Waals surface area contributed by atoms with Crippen molar-refractivity contribution in [2.24, 2.45) is 46.3 Å². The lowest BCUT2D eigenvalue weighted by molar-refractivity contribution is -0.150. The average Bonchev–Trinajstić information content (AvgIpc) is 3.13. The molecule has 2 fully saturated rings. The van der Waals surface area contributed by atoms with Crippen LogP contribution in [0.15, 0.2) is 35.1 Å². The molecule has 0 aliphatic heterocycles. The number of hydrogen-bond donors (Lipinski definition) is 0. The minimum Gasteiger partial charge on any atom is -0.463 e. The van der Waals surface area contributed by atoms with Gasteiger partial charge in [0.15, 0.2) is 0 Å². The number of allylic oxidation sites excluding steroid dienone is 6. The van der Waals surface area contributed by atoms with Crippen molar-refractivity contribution >= 4 is 11.9 Å². The number of hydrogen-bond acceptors (Lipinski definition) is 4. The van der Waals surface area contributed by atoms with E-state index in [-0.39, 0.29) is 28.9 Å². The first-order valence-electron chi connectivity index (χ1n) is 14.3. The molecule has 0 amide bonds. The zero-order chi connectivity index (χ0) is 26.4. The van der Waals surface area contributed by atoms with Crippen molar-refractivity contribution in [1.29, 1.82) is 0 Å². The summed E-state index contributed by atoms with van der Waals surface area (Å²) in [6, 6.07) is 0. The van der Waals surface area contributed by atoms with E-state index in [0.29, 0.717) is 35.5 Å². The van der Waals surface area contributed by atoms with Crippen LogP contribution < -0.4 is 0 Å². The third kappa shape index (κ3) is 4.86. The molecule has 4 aliphatic rings. The standard InChI is InChI=1S/C32H48O4/c1-19(2)20(3)9-10-21(4)27-13-14-28-26-12-11-24-17-25(35-22(5)33)15-16-31(24,7)30(26)29(36-23(6)34)18-32(27,28)8/h9-10,12,19-21,24-25,27-28H,11,13-18H2,1-8H3/b10-9+/t20-,21+,24-,25+,27-,28-,31-,32+/m0/s1. The van der Waals surface area contributed by atoms with Crippen LogP contribution in [0.5, 0.6) is 0 Å². The monoisotopic (exact) mass is 496 g/mol. The summed E-state index contributed by atoms with van der Waals surface area (Å²) in [7, 11) is 0. The van der Waals surface area contributed by atoms with Gasteiger partial charge in [-0.1, -0.05) is 59.8 Å². The van der Waals surface area contributed by atoms with Gasteiger partial charge in [-0.3, -0.25) is 9.59 Å². The van der Waals surface area contributed by atoms with E-state index < -0.39 is 0 Å². The van der Waals surface area contributed by atoms with Gasteiger partial charge in [-0.2, -0.15) is 0 Å². The molecule has 4 aliphatic carbocycles. The molecule has 0 heterocycles. The zero-order valence-electron chi connectivity index (χ0n) is 23.9. The number of esters is 2. The predicted octanol–water partition coefficient (Wildman–Crippen LogP) is 7.79. The molecule has 4 rings (SSSR count). The van der Waals surface area contributed by atoms with Crippen molar-refractivity contribution in [3.63, 3.8) is 0 Å². The molecule has 4 heteroatoms. The Bertz CT molecular complexity index is 971. The Kier molecular flexibility index (Phi) is 7.66. The summed E-state index contributed by atoms with van der Waals surface area (Å²) in [5.41, 5.74) is 2.82. The minimum atomic E-state index is -0.216. The van der Waals surface area contributed by atoms with Crippen molar-refractivity contribution in [2.75, 3.05) is 0 Å². The average molecular weight is 497 g/mol. The highest BCUT2D eigenvalue weighted by molar-refractivity contribution is 5.68. The van der Waals surface area contributed by atoms with Gasteiger partial charge in [-0.15, -0.1) is 0 Å². The molecular formula is C32H48O4. The quantitative estimate of drug-likeness (QED) is 0.278. The molecule has 2 saturated carbocycles. The second kappa shape index (κ2) is 10.1. The molecule has 0 N–H and O–H groups in total. The van der Waals surface area contributed by atoms with E-state index in [0.717, 1.165) is 37.9 Å². The van der Waals surface area contributed by atoms with Crippen molar-refractivity contribution < 1.29 is 19.1 Å². The topological polar surface area (TPSA) is 52.6 Å². The number of rotatable bonds is 6. The molecule has 0 radical (unpaired) electrons. The number of carbonyl (C=O) groups excluding carboxylic acids is 2. The molecule has 4 nitrogen and oxygen atoms in total. The molecule has 0 saturated heterocycles. The fourth-order valence-electron chi connectivity index (χ4n) is 8.18. The first-order valence-corrected chi connectivity index (χ1v) is 14.3. The molecule has 0 aromatic heterocycles. The fraction of sp³-hybridized carbons (Fsp3) is 0.750. The first kappa shape index (κ1) is 27.2. The summed E-state index contributed by atoms with van der Waals surface area (Å²) in [4.78, 5) is 23.9. The Hall–Kier alpha value is -1.84.